The molecule has 1 aromatic heterocycles. The third-order valence-electron chi connectivity index (χ3n) is 1.47. The number of amides is 1. The maximum Gasteiger partial charge on any atom is 0.239 e. The first-order valence-corrected chi connectivity index (χ1v) is 4.83. The maximum atomic E-state index is 11.3. The van der Waals surface area contributed by atoms with Crippen molar-refractivity contribution in [1.29, 1.82) is 0 Å². The molecule has 0 saturated carbocycles. The predicted molar refractivity (Wildman–Crippen MR) is 52.2 cm³/mol. The summed E-state index contributed by atoms with van der Waals surface area (Å²) in [5.74, 6) is -0.164. The van der Waals surface area contributed by atoms with E-state index >= 15 is 0 Å². The monoisotopic (exact) mass is 199 g/mol. The van der Waals surface area contributed by atoms with Crippen molar-refractivity contribution in [2.45, 2.75) is 25.9 Å². The number of hydrogen-bond acceptors (Lipinski definition) is 4. The summed E-state index contributed by atoms with van der Waals surface area (Å²) in [6.07, 6.45) is 1.71. The van der Waals surface area contributed by atoms with Crippen molar-refractivity contribution < 1.29 is 4.79 Å². The van der Waals surface area contributed by atoms with Gasteiger partial charge in [0.2, 0.25) is 5.91 Å². The smallest absolute Gasteiger partial charge is 0.239 e. The van der Waals surface area contributed by atoms with Crippen LogP contribution in [0.1, 0.15) is 18.9 Å². The quantitative estimate of drug-likeness (QED) is 0.744. The molecule has 13 heavy (non-hydrogen) atoms. The summed E-state index contributed by atoms with van der Waals surface area (Å²) in [5.41, 5.74) is 4.77. The Labute approximate surface area is 81.2 Å². The summed E-state index contributed by atoms with van der Waals surface area (Å²) >= 11 is 1.51. The highest BCUT2D eigenvalue weighted by Gasteiger charge is 2.21. The van der Waals surface area contributed by atoms with Crippen LogP contribution in [0.5, 0.6) is 0 Å². The Balaban J connectivity index is 2.40. The highest BCUT2D eigenvalue weighted by Crippen LogP contribution is 2.03. The minimum Gasteiger partial charge on any atom is -0.348 e. The zero-order valence-electron chi connectivity index (χ0n) is 7.70. The van der Waals surface area contributed by atoms with Gasteiger partial charge in [0.25, 0.3) is 0 Å². The largest absolute Gasteiger partial charge is 0.348 e. The normalized spacial score (nSPS) is 11.3. The number of aromatic nitrogens is 1. The topological polar surface area (TPSA) is 68.0 Å². The average Bonchev–Trinajstić information content (AvgIpc) is 2.50. The maximum absolute atomic E-state index is 11.3. The number of carbonyl (C=O) groups excluding carboxylic acids is 1. The first-order chi connectivity index (χ1) is 6.00. The van der Waals surface area contributed by atoms with E-state index in [1.54, 1.807) is 20.0 Å². The fraction of sp³-hybridized carbons (Fsp3) is 0.500. The van der Waals surface area contributed by atoms with Gasteiger partial charge >= 0.3 is 0 Å². The standard InChI is InChI=1S/C8H13N3OS/c1-8(2,9)7(12)11-5-6-10-3-4-13-6/h3-4H,5,9H2,1-2H3,(H,11,12). The van der Waals surface area contributed by atoms with Crippen molar-refractivity contribution in [2.75, 3.05) is 0 Å². The molecule has 0 aliphatic carbocycles. The SMILES string of the molecule is CC(C)(N)C(=O)NCc1nccs1. The van der Waals surface area contributed by atoms with E-state index < -0.39 is 5.54 Å². The molecule has 1 amide bonds. The van der Waals surface area contributed by atoms with Gasteiger partial charge in [-0.15, -0.1) is 11.3 Å². The second-order valence-corrected chi connectivity index (χ2v) is 4.31. The van der Waals surface area contributed by atoms with Gasteiger partial charge in [-0.25, -0.2) is 4.98 Å². The molecule has 4 nitrogen and oxygen atoms in total. The molecule has 0 aromatic carbocycles. The van der Waals surface area contributed by atoms with Gasteiger partial charge in [0.1, 0.15) is 5.01 Å². The molecule has 1 rings (SSSR count). The molecule has 0 aliphatic rings. The fourth-order valence-corrected chi connectivity index (χ4v) is 1.28. The summed E-state index contributed by atoms with van der Waals surface area (Å²) in [5, 5.41) is 5.47. The Morgan fingerprint density at radius 3 is 2.92 bits per heavy atom. The van der Waals surface area contributed by atoms with Crippen LogP contribution in [0.2, 0.25) is 0 Å². The van der Waals surface area contributed by atoms with E-state index in [2.05, 4.69) is 10.3 Å². The van der Waals surface area contributed by atoms with Gasteiger partial charge in [-0.05, 0) is 13.8 Å². The predicted octanol–water partition coefficient (Wildman–Crippen LogP) is 0.497. The summed E-state index contributed by atoms with van der Waals surface area (Å²) < 4.78 is 0. The molecule has 0 fully saturated rings. The second kappa shape index (κ2) is 3.85. The molecule has 0 atom stereocenters. The highest BCUT2D eigenvalue weighted by atomic mass is 32.1. The van der Waals surface area contributed by atoms with E-state index in [1.807, 2.05) is 5.38 Å². The van der Waals surface area contributed by atoms with Crippen LogP contribution >= 0.6 is 11.3 Å². The lowest BCUT2D eigenvalue weighted by Crippen LogP contribution is -2.48. The zero-order chi connectivity index (χ0) is 9.90. The Morgan fingerprint density at radius 1 is 1.77 bits per heavy atom. The molecular formula is C8H13N3OS. The van der Waals surface area contributed by atoms with Crippen LogP contribution < -0.4 is 11.1 Å². The van der Waals surface area contributed by atoms with Gasteiger partial charge in [-0.2, -0.15) is 0 Å². The summed E-state index contributed by atoms with van der Waals surface area (Å²) in [6.45, 7) is 3.80. The Bertz CT molecular complexity index is 276. The van der Waals surface area contributed by atoms with E-state index in [1.165, 1.54) is 11.3 Å². The molecule has 0 bridgehead atoms. The van der Waals surface area contributed by atoms with E-state index in [-0.39, 0.29) is 5.91 Å². The van der Waals surface area contributed by atoms with Gasteiger partial charge in [-0.1, -0.05) is 0 Å². The average molecular weight is 199 g/mol. The fourth-order valence-electron chi connectivity index (χ4n) is 0.724. The van der Waals surface area contributed by atoms with Crippen molar-refractivity contribution in [3.63, 3.8) is 0 Å². The summed E-state index contributed by atoms with van der Waals surface area (Å²) in [4.78, 5) is 15.3. The number of thiazole rings is 1. The highest BCUT2D eigenvalue weighted by molar-refractivity contribution is 7.09. The van der Waals surface area contributed by atoms with Crippen LogP contribution in [0.15, 0.2) is 11.6 Å². The number of nitrogens with one attached hydrogen (secondary N) is 1. The minimum atomic E-state index is -0.822. The van der Waals surface area contributed by atoms with E-state index in [4.69, 9.17) is 5.73 Å². The number of rotatable bonds is 3. The summed E-state index contributed by atoms with van der Waals surface area (Å²) in [7, 11) is 0. The van der Waals surface area contributed by atoms with Crippen LogP contribution in [0, 0.1) is 0 Å². The lowest BCUT2D eigenvalue weighted by atomic mass is 10.1. The molecule has 3 N–H and O–H groups in total. The molecule has 0 saturated heterocycles. The van der Waals surface area contributed by atoms with Crippen molar-refractivity contribution in [1.82, 2.24) is 10.3 Å². The van der Waals surface area contributed by atoms with Gasteiger partial charge < -0.3 is 11.1 Å². The van der Waals surface area contributed by atoms with Gasteiger partial charge in [0.15, 0.2) is 0 Å². The zero-order valence-corrected chi connectivity index (χ0v) is 8.52. The Hall–Kier alpha value is -0.940. The molecule has 0 unspecified atom stereocenters. The molecule has 0 spiro atoms. The molecular weight excluding hydrogens is 186 g/mol. The van der Waals surface area contributed by atoms with E-state index in [9.17, 15) is 4.79 Å². The third kappa shape index (κ3) is 3.12. The lowest BCUT2D eigenvalue weighted by molar-refractivity contribution is -0.125. The molecule has 72 valence electrons. The van der Waals surface area contributed by atoms with Gasteiger partial charge in [0, 0.05) is 11.6 Å². The van der Waals surface area contributed by atoms with Crippen LogP contribution in [0.25, 0.3) is 0 Å². The van der Waals surface area contributed by atoms with Gasteiger partial charge in [-0.3, -0.25) is 4.79 Å². The Morgan fingerprint density at radius 2 is 2.46 bits per heavy atom. The molecule has 1 aromatic rings. The Kier molecular flexibility index (Phi) is 3.00. The lowest BCUT2D eigenvalue weighted by Gasteiger charge is -2.16. The molecule has 0 aliphatic heterocycles. The third-order valence-corrected chi connectivity index (χ3v) is 2.25. The van der Waals surface area contributed by atoms with Crippen LogP contribution in [0.4, 0.5) is 0 Å². The van der Waals surface area contributed by atoms with Gasteiger partial charge in [0.05, 0.1) is 12.1 Å². The van der Waals surface area contributed by atoms with Crippen molar-refractivity contribution >= 4 is 17.2 Å². The van der Waals surface area contributed by atoms with Crippen LogP contribution in [-0.2, 0) is 11.3 Å². The van der Waals surface area contributed by atoms with Crippen molar-refractivity contribution in [3.8, 4) is 0 Å². The molecule has 5 heteroatoms. The number of nitrogens with two attached hydrogens (primary N) is 1. The van der Waals surface area contributed by atoms with Crippen LogP contribution in [-0.4, -0.2) is 16.4 Å². The minimum absolute atomic E-state index is 0.164. The molecule has 1 heterocycles. The number of hydrogen-bond donors (Lipinski definition) is 2. The first-order valence-electron chi connectivity index (χ1n) is 3.95. The number of nitrogens with zero attached hydrogens (tertiary/aromatic N) is 1. The first kappa shape index (κ1) is 10.1. The summed E-state index contributed by atoms with van der Waals surface area (Å²) in [6, 6.07) is 0. The van der Waals surface area contributed by atoms with E-state index in [0.717, 1.165) is 5.01 Å². The molecule has 0 radical (unpaired) electrons. The van der Waals surface area contributed by atoms with Crippen LogP contribution in [0.3, 0.4) is 0 Å². The van der Waals surface area contributed by atoms with Crippen molar-refractivity contribution in [3.05, 3.63) is 16.6 Å². The second-order valence-electron chi connectivity index (χ2n) is 3.33. The van der Waals surface area contributed by atoms with E-state index in [0.29, 0.717) is 6.54 Å². The van der Waals surface area contributed by atoms with Crippen molar-refractivity contribution in [2.24, 2.45) is 5.73 Å². The number of carbonyl (C=O) groups is 1.